The molecule has 1 aromatic carbocycles. The lowest BCUT2D eigenvalue weighted by Gasteiger charge is -2.04. The van der Waals surface area contributed by atoms with Crippen LogP contribution in [0.2, 0.25) is 0 Å². The summed E-state index contributed by atoms with van der Waals surface area (Å²) in [5, 5.41) is 0. The zero-order chi connectivity index (χ0) is 15.3. The van der Waals surface area contributed by atoms with Gasteiger partial charge in [-0.15, -0.1) is 0 Å². The second-order valence-electron chi connectivity index (χ2n) is 4.54. The van der Waals surface area contributed by atoms with Crippen molar-refractivity contribution in [2.45, 2.75) is 6.42 Å². The van der Waals surface area contributed by atoms with Crippen molar-refractivity contribution in [3.63, 3.8) is 0 Å². The molecular weight excluding hydrogens is 289 g/mol. The Labute approximate surface area is 122 Å². The lowest BCUT2D eigenvalue weighted by atomic mass is 10.2. The van der Waals surface area contributed by atoms with Crippen LogP contribution in [0.1, 0.15) is 11.3 Å². The van der Waals surface area contributed by atoms with E-state index in [2.05, 4.69) is 9.98 Å². The Morgan fingerprint density at radius 2 is 2.05 bits per heavy atom. The van der Waals surface area contributed by atoms with Crippen molar-refractivity contribution in [2.75, 3.05) is 11.9 Å². The van der Waals surface area contributed by atoms with E-state index in [1.165, 1.54) is 0 Å². The number of pyridine rings is 1. The second-order valence-corrected chi connectivity index (χ2v) is 6.32. The maximum Gasteiger partial charge on any atom is 0.325 e. The van der Waals surface area contributed by atoms with E-state index < -0.39 is 7.60 Å². The van der Waals surface area contributed by atoms with Crippen LogP contribution in [-0.4, -0.2) is 27.1 Å². The number of benzene rings is 1. The SMILES string of the molecule is Nc1ccccc1N=Cc1cc(CCP(=O)(O)O)ccn1. The van der Waals surface area contributed by atoms with Crippen LogP contribution in [-0.2, 0) is 11.0 Å². The molecule has 0 bridgehead atoms. The van der Waals surface area contributed by atoms with E-state index in [1.807, 2.05) is 12.1 Å². The van der Waals surface area contributed by atoms with E-state index >= 15 is 0 Å². The first-order valence-electron chi connectivity index (χ1n) is 6.32. The predicted octanol–water partition coefficient (Wildman–Crippen LogP) is 2.13. The molecule has 0 aliphatic heterocycles. The molecule has 1 heterocycles. The molecule has 0 radical (unpaired) electrons. The Morgan fingerprint density at radius 3 is 2.76 bits per heavy atom. The first-order chi connectivity index (χ1) is 9.94. The molecule has 4 N–H and O–H groups in total. The maximum atomic E-state index is 10.9. The summed E-state index contributed by atoms with van der Waals surface area (Å²) in [5.41, 5.74) is 8.43. The Balaban J connectivity index is 2.11. The minimum Gasteiger partial charge on any atom is -0.397 e. The third kappa shape index (κ3) is 5.11. The zero-order valence-corrected chi connectivity index (χ0v) is 12.1. The summed E-state index contributed by atoms with van der Waals surface area (Å²) in [6, 6.07) is 10.7. The van der Waals surface area contributed by atoms with Crippen molar-refractivity contribution in [3.05, 3.63) is 53.9 Å². The molecule has 0 spiro atoms. The lowest BCUT2D eigenvalue weighted by Crippen LogP contribution is -1.96. The van der Waals surface area contributed by atoms with Gasteiger partial charge in [0, 0.05) is 6.20 Å². The summed E-state index contributed by atoms with van der Waals surface area (Å²) in [6.45, 7) is 0. The van der Waals surface area contributed by atoms with Crippen LogP contribution in [0.5, 0.6) is 0 Å². The smallest absolute Gasteiger partial charge is 0.325 e. The number of rotatable bonds is 5. The summed E-state index contributed by atoms with van der Waals surface area (Å²) < 4.78 is 10.9. The Bertz CT molecular complexity index is 697. The fourth-order valence-electron chi connectivity index (χ4n) is 1.74. The Morgan fingerprint density at radius 1 is 1.29 bits per heavy atom. The molecule has 110 valence electrons. The van der Waals surface area contributed by atoms with Gasteiger partial charge in [-0.05, 0) is 36.2 Å². The molecule has 0 unspecified atom stereocenters. The molecule has 7 heteroatoms. The van der Waals surface area contributed by atoms with Gasteiger partial charge in [-0.25, -0.2) is 0 Å². The number of hydrogen-bond acceptors (Lipinski definition) is 4. The third-order valence-electron chi connectivity index (χ3n) is 2.81. The monoisotopic (exact) mass is 305 g/mol. The molecule has 6 nitrogen and oxygen atoms in total. The van der Waals surface area contributed by atoms with Crippen LogP contribution < -0.4 is 5.73 Å². The molecule has 0 saturated carbocycles. The van der Waals surface area contributed by atoms with Crippen LogP contribution in [0.4, 0.5) is 11.4 Å². The highest BCUT2D eigenvalue weighted by Crippen LogP contribution is 2.34. The van der Waals surface area contributed by atoms with Gasteiger partial charge in [-0.1, -0.05) is 12.1 Å². The molecule has 0 aliphatic rings. The maximum absolute atomic E-state index is 10.9. The number of anilines is 1. The third-order valence-corrected chi connectivity index (χ3v) is 3.62. The number of nitrogens with two attached hydrogens (primary N) is 1. The highest BCUT2D eigenvalue weighted by molar-refractivity contribution is 7.51. The van der Waals surface area contributed by atoms with Crippen molar-refractivity contribution in [3.8, 4) is 0 Å². The molecule has 0 saturated heterocycles. The summed E-state index contributed by atoms with van der Waals surface area (Å²) in [5.74, 6) is 0. The first-order valence-corrected chi connectivity index (χ1v) is 8.12. The van der Waals surface area contributed by atoms with E-state index in [4.69, 9.17) is 15.5 Å². The molecule has 2 rings (SSSR count). The number of nitrogen functional groups attached to an aromatic ring is 1. The normalized spacial score (nSPS) is 11.9. The van der Waals surface area contributed by atoms with E-state index in [0.717, 1.165) is 5.56 Å². The van der Waals surface area contributed by atoms with E-state index in [0.29, 0.717) is 23.5 Å². The largest absolute Gasteiger partial charge is 0.397 e. The molecule has 0 atom stereocenters. The van der Waals surface area contributed by atoms with Gasteiger partial charge in [0.2, 0.25) is 0 Å². The average Bonchev–Trinajstić information content (AvgIpc) is 2.44. The fourth-order valence-corrected chi connectivity index (χ4v) is 2.29. The van der Waals surface area contributed by atoms with Gasteiger partial charge < -0.3 is 15.5 Å². The van der Waals surface area contributed by atoms with Crippen molar-refractivity contribution in [1.82, 2.24) is 4.98 Å². The Kier molecular flexibility index (Phi) is 4.85. The van der Waals surface area contributed by atoms with Gasteiger partial charge in [0.15, 0.2) is 0 Å². The summed E-state index contributed by atoms with van der Waals surface area (Å²) in [4.78, 5) is 26.2. The minimum atomic E-state index is -3.99. The van der Waals surface area contributed by atoms with Crippen LogP contribution in [0.15, 0.2) is 47.6 Å². The fraction of sp³-hybridized carbons (Fsp3) is 0.143. The van der Waals surface area contributed by atoms with Gasteiger partial charge in [0.05, 0.1) is 29.4 Å². The lowest BCUT2D eigenvalue weighted by molar-refractivity contribution is 0.373. The molecule has 0 fully saturated rings. The summed E-state index contributed by atoms with van der Waals surface area (Å²) >= 11 is 0. The second kappa shape index (κ2) is 6.63. The highest BCUT2D eigenvalue weighted by atomic mass is 31.2. The summed E-state index contributed by atoms with van der Waals surface area (Å²) in [6.07, 6.45) is 3.28. The number of hydrogen-bond donors (Lipinski definition) is 3. The topological polar surface area (TPSA) is 109 Å². The number of para-hydroxylation sites is 2. The predicted molar refractivity (Wildman–Crippen MR) is 83.0 cm³/mol. The molecular formula is C14H16N3O3P. The van der Waals surface area contributed by atoms with Gasteiger partial charge in [0.25, 0.3) is 0 Å². The standard InChI is InChI=1S/C14H16N3O3P/c15-13-3-1-2-4-14(13)17-10-12-9-11(5-7-16-12)6-8-21(18,19)20/h1-5,7,9-10H,6,8,15H2,(H2,18,19,20). The van der Waals surface area contributed by atoms with Crippen LogP contribution >= 0.6 is 7.60 Å². The van der Waals surface area contributed by atoms with Crippen LogP contribution in [0, 0.1) is 0 Å². The van der Waals surface area contributed by atoms with Crippen molar-refractivity contribution < 1.29 is 14.4 Å². The molecule has 0 amide bonds. The zero-order valence-electron chi connectivity index (χ0n) is 11.3. The van der Waals surface area contributed by atoms with Gasteiger partial charge in [0.1, 0.15) is 0 Å². The average molecular weight is 305 g/mol. The first kappa shape index (κ1) is 15.4. The minimum absolute atomic E-state index is 0.181. The van der Waals surface area contributed by atoms with E-state index in [-0.39, 0.29) is 6.16 Å². The van der Waals surface area contributed by atoms with Crippen molar-refractivity contribution >= 4 is 25.2 Å². The van der Waals surface area contributed by atoms with Gasteiger partial charge >= 0.3 is 7.60 Å². The molecule has 2 aromatic rings. The van der Waals surface area contributed by atoms with Crippen molar-refractivity contribution in [2.24, 2.45) is 4.99 Å². The number of nitrogens with zero attached hydrogens (tertiary/aromatic N) is 2. The van der Waals surface area contributed by atoms with Gasteiger partial charge in [-0.3, -0.25) is 14.5 Å². The number of aliphatic imine (C=N–C) groups is 1. The summed E-state index contributed by atoms with van der Waals surface area (Å²) in [7, 11) is -3.99. The van der Waals surface area contributed by atoms with E-state index in [9.17, 15) is 4.57 Å². The quantitative estimate of drug-likeness (QED) is 0.445. The highest BCUT2D eigenvalue weighted by Gasteiger charge is 2.12. The molecule has 0 aliphatic carbocycles. The number of aryl methyl sites for hydroxylation is 1. The molecule has 21 heavy (non-hydrogen) atoms. The molecule has 1 aromatic heterocycles. The Hall–Kier alpha value is -2.01. The van der Waals surface area contributed by atoms with Crippen LogP contribution in [0.3, 0.4) is 0 Å². The van der Waals surface area contributed by atoms with Gasteiger partial charge in [-0.2, -0.15) is 0 Å². The number of aromatic nitrogens is 1. The van der Waals surface area contributed by atoms with E-state index in [1.54, 1.807) is 36.7 Å². The van der Waals surface area contributed by atoms with Crippen molar-refractivity contribution in [1.29, 1.82) is 0 Å². The van der Waals surface area contributed by atoms with Crippen LogP contribution in [0.25, 0.3) is 0 Å².